The Kier molecular flexibility index (Phi) is 8.48. The zero-order valence-corrected chi connectivity index (χ0v) is 13.9. The number of hydrogen-bond donors (Lipinski definition) is 3. The highest BCUT2D eigenvalue weighted by Crippen LogP contribution is 2.21. The Labute approximate surface area is 141 Å². The second-order valence-corrected chi connectivity index (χ2v) is 6.03. The normalized spacial score (nSPS) is 10.8. The SMILES string of the molecule is C#CCNC(C[N+](=O)[O-])=NCCSCc1csc(N=C(N)N)n1. The van der Waals surface area contributed by atoms with E-state index in [-0.39, 0.29) is 24.9 Å². The van der Waals surface area contributed by atoms with Gasteiger partial charge in [0.05, 0.1) is 18.8 Å². The van der Waals surface area contributed by atoms with E-state index in [9.17, 15) is 10.1 Å². The van der Waals surface area contributed by atoms with Crippen LogP contribution < -0.4 is 16.8 Å². The Bertz CT molecular complexity index is 617. The van der Waals surface area contributed by atoms with Crippen molar-refractivity contribution in [1.82, 2.24) is 10.3 Å². The van der Waals surface area contributed by atoms with Crippen LogP contribution in [0.1, 0.15) is 5.69 Å². The van der Waals surface area contributed by atoms with Gasteiger partial charge < -0.3 is 16.8 Å². The number of guanidine groups is 1. The number of hydrogen-bond acceptors (Lipinski definition) is 7. The number of nitrogens with zero attached hydrogens (tertiary/aromatic N) is 4. The van der Waals surface area contributed by atoms with Crippen molar-refractivity contribution in [1.29, 1.82) is 0 Å². The minimum Gasteiger partial charge on any atom is -0.370 e. The van der Waals surface area contributed by atoms with Crippen LogP contribution in [0.5, 0.6) is 0 Å². The minimum absolute atomic E-state index is 0.0225. The van der Waals surface area contributed by atoms with Gasteiger partial charge in [-0.25, -0.2) is 4.98 Å². The number of nitrogens with two attached hydrogens (primary N) is 2. The van der Waals surface area contributed by atoms with Crippen LogP contribution in [0.3, 0.4) is 0 Å². The van der Waals surface area contributed by atoms with Crippen LogP contribution in [0.25, 0.3) is 0 Å². The Hall–Kier alpha value is -2.32. The second-order valence-electron chi connectivity index (χ2n) is 4.09. The van der Waals surface area contributed by atoms with E-state index in [1.54, 1.807) is 11.8 Å². The maximum Gasteiger partial charge on any atom is 0.259 e. The number of nitro groups is 1. The lowest BCUT2D eigenvalue weighted by molar-refractivity contribution is -0.463. The summed E-state index contributed by atoms with van der Waals surface area (Å²) >= 11 is 2.97. The average molecular weight is 355 g/mol. The predicted octanol–water partition coefficient (Wildman–Crippen LogP) is 0.179. The summed E-state index contributed by atoms with van der Waals surface area (Å²) in [5, 5.41) is 15.7. The van der Waals surface area contributed by atoms with E-state index in [0.29, 0.717) is 23.2 Å². The van der Waals surface area contributed by atoms with Gasteiger partial charge in [0.15, 0.2) is 11.8 Å². The minimum atomic E-state index is -0.448. The Morgan fingerprint density at radius 2 is 2.39 bits per heavy atom. The molecule has 9 nitrogen and oxygen atoms in total. The first kappa shape index (κ1) is 18.7. The molecule has 1 aromatic rings. The van der Waals surface area contributed by atoms with Crippen LogP contribution in [0.4, 0.5) is 5.13 Å². The Morgan fingerprint density at radius 3 is 3.04 bits per heavy atom. The molecule has 1 rings (SSSR count). The smallest absolute Gasteiger partial charge is 0.259 e. The molecule has 1 heterocycles. The van der Waals surface area contributed by atoms with Crippen molar-refractivity contribution in [3.8, 4) is 12.3 Å². The highest BCUT2D eigenvalue weighted by molar-refractivity contribution is 7.98. The molecule has 0 aliphatic carbocycles. The molecule has 23 heavy (non-hydrogen) atoms. The van der Waals surface area contributed by atoms with Gasteiger partial charge in [0.25, 0.3) is 6.54 Å². The Morgan fingerprint density at radius 1 is 1.61 bits per heavy atom. The molecule has 0 unspecified atom stereocenters. The molecule has 0 bridgehead atoms. The lowest BCUT2D eigenvalue weighted by atomic mass is 10.5. The fourth-order valence-electron chi connectivity index (χ4n) is 1.38. The summed E-state index contributed by atoms with van der Waals surface area (Å²) in [5.74, 6) is 4.01. The molecule has 0 aromatic carbocycles. The zero-order valence-electron chi connectivity index (χ0n) is 12.3. The van der Waals surface area contributed by atoms with Crippen molar-refractivity contribution >= 4 is 40.0 Å². The Balaban J connectivity index is 2.36. The number of amidine groups is 1. The average Bonchev–Trinajstić information content (AvgIpc) is 2.90. The third kappa shape index (κ3) is 8.64. The van der Waals surface area contributed by atoms with Gasteiger partial charge >= 0.3 is 0 Å². The van der Waals surface area contributed by atoms with Crippen LogP contribution in [0.2, 0.25) is 0 Å². The van der Waals surface area contributed by atoms with Crippen LogP contribution in [0.15, 0.2) is 15.4 Å². The molecule has 0 aliphatic heterocycles. The van der Waals surface area contributed by atoms with E-state index >= 15 is 0 Å². The molecule has 0 atom stereocenters. The van der Waals surface area contributed by atoms with E-state index in [2.05, 4.69) is 26.2 Å². The third-order valence-electron chi connectivity index (χ3n) is 2.23. The number of rotatable bonds is 9. The van der Waals surface area contributed by atoms with Gasteiger partial charge in [-0.05, 0) is 0 Å². The van der Waals surface area contributed by atoms with Crippen molar-refractivity contribution < 1.29 is 4.92 Å². The highest BCUT2D eigenvalue weighted by Gasteiger charge is 2.06. The molecule has 124 valence electrons. The third-order valence-corrected chi connectivity index (χ3v) is 3.98. The predicted molar refractivity (Wildman–Crippen MR) is 94.7 cm³/mol. The van der Waals surface area contributed by atoms with Gasteiger partial charge in [-0.2, -0.15) is 16.8 Å². The van der Waals surface area contributed by atoms with Crippen molar-refractivity contribution in [3.05, 3.63) is 21.2 Å². The van der Waals surface area contributed by atoms with Crippen LogP contribution in [0, 0.1) is 22.5 Å². The van der Waals surface area contributed by atoms with Gasteiger partial charge in [0, 0.05) is 21.8 Å². The first-order valence-corrected chi connectivity index (χ1v) is 8.49. The summed E-state index contributed by atoms with van der Waals surface area (Å²) in [6.07, 6.45) is 5.11. The van der Waals surface area contributed by atoms with E-state index in [4.69, 9.17) is 17.9 Å². The summed E-state index contributed by atoms with van der Waals surface area (Å²) in [4.78, 5) is 22.3. The van der Waals surface area contributed by atoms with Crippen molar-refractivity contribution in [2.24, 2.45) is 21.5 Å². The summed E-state index contributed by atoms with van der Waals surface area (Å²) in [6, 6.07) is 0. The largest absolute Gasteiger partial charge is 0.370 e. The molecular weight excluding hydrogens is 338 g/mol. The molecule has 0 saturated carbocycles. The summed E-state index contributed by atoms with van der Waals surface area (Å²) in [7, 11) is 0. The lowest BCUT2D eigenvalue weighted by Gasteiger charge is -2.03. The van der Waals surface area contributed by atoms with Gasteiger partial charge in [-0.3, -0.25) is 15.1 Å². The molecule has 1 aromatic heterocycles. The number of aromatic nitrogens is 1. The molecule has 0 aliphatic rings. The summed E-state index contributed by atoms with van der Waals surface area (Å²) in [5.41, 5.74) is 11.4. The number of thiazole rings is 1. The molecule has 5 N–H and O–H groups in total. The highest BCUT2D eigenvalue weighted by atomic mass is 32.2. The fourth-order valence-corrected chi connectivity index (χ4v) is 2.92. The summed E-state index contributed by atoms with van der Waals surface area (Å²) < 4.78 is 0. The van der Waals surface area contributed by atoms with Crippen LogP contribution in [-0.4, -0.2) is 47.1 Å². The zero-order chi connectivity index (χ0) is 17.1. The van der Waals surface area contributed by atoms with E-state index < -0.39 is 4.92 Å². The van der Waals surface area contributed by atoms with E-state index in [0.717, 1.165) is 5.69 Å². The fraction of sp³-hybridized carbons (Fsp3) is 0.417. The van der Waals surface area contributed by atoms with Gasteiger partial charge in [0.2, 0.25) is 5.13 Å². The number of nitrogens with one attached hydrogen (secondary N) is 1. The van der Waals surface area contributed by atoms with Crippen molar-refractivity contribution in [2.45, 2.75) is 5.75 Å². The van der Waals surface area contributed by atoms with Crippen molar-refractivity contribution in [3.63, 3.8) is 0 Å². The standard InChI is InChI=1S/C12H17N7O2S2/c1-2-3-15-10(6-19(20)21)16-4-5-22-7-9-8-23-12(17-9)18-11(13)14/h1,8H,3-7H2,(H,15,16)(H4,13,14,17,18). The summed E-state index contributed by atoms with van der Waals surface area (Å²) in [6.45, 7) is 0.308. The molecule has 11 heteroatoms. The van der Waals surface area contributed by atoms with E-state index in [1.807, 2.05) is 5.38 Å². The maximum absolute atomic E-state index is 10.5. The second kappa shape index (κ2) is 10.4. The monoisotopic (exact) mass is 355 g/mol. The molecule has 0 amide bonds. The van der Waals surface area contributed by atoms with Crippen LogP contribution in [-0.2, 0) is 5.75 Å². The first-order valence-electron chi connectivity index (χ1n) is 6.45. The van der Waals surface area contributed by atoms with Gasteiger partial charge in [0.1, 0.15) is 0 Å². The number of aliphatic imine (C=N–C) groups is 2. The van der Waals surface area contributed by atoms with E-state index in [1.165, 1.54) is 11.3 Å². The molecule has 0 saturated heterocycles. The topological polar surface area (TPSA) is 145 Å². The first-order chi connectivity index (χ1) is 11.0. The molecule has 0 radical (unpaired) electrons. The quantitative estimate of drug-likeness (QED) is 0.143. The van der Waals surface area contributed by atoms with Crippen LogP contribution >= 0.6 is 23.1 Å². The number of terminal acetylenes is 1. The van der Waals surface area contributed by atoms with Gasteiger partial charge in [-0.1, -0.05) is 5.92 Å². The molecule has 0 fully saturated rings. The number of thioether (sulfide) groups is 1. The van der Waals surface area contributed by atoms with Crippen molar-refractivity contribution in [2.75, 3.05) is 25.4 Å². The maximum atomic E-state index is 10.5. The molecular formula is C12H17N7O2S2. The molecule has 0 spiro atoms. The lowest BCUT2D eigenvalue weighted by Crippen LogP contribution is -2.31. The van der Waals surface area contributed by atoms with Gasteiger partial charge in [-0.15, -0.1) is 17.8 Å².